The van der Waals surface area contributed by atoms with Crippen LogP contribution in [0.2, 0.25) is 5.02 Å². The van der Waals surface area contributed by atoms with E-state index in [1.54, 1.807) is 55.5 Å². The lowest BCUT2D eigenvalue weighted by atomic mass is 10.00. The van der Waals surface area contributed by atoms with Crippen LogP contribution in [-0.4, -0.2) is 22.1 Å². The number of hydrogen-bond donors (Lipinski definition) is 1. The van der Waals surface area contributed by atoms with Gasteiger partial charge in [0.2, 0.25) is 11.7 Å². The van der Waals surface area contributed by atoms with Gasteiger partial charge in [0.25, 0.3) is 5.56 Å². The third-order valence-electron chi connectivity index (χ3n) is 4.88. The van der Waals surface area contributed by atoms with Crippen molar-refractivity contribution in [3.8, 4) is 17.7 Å². The summed E-state index contributed by atoms with van der Waals surface area (Å²) in [6.07, 6.45) is 0. The number of benzene rings is 2. The average Bonchev–Trinajstić information content (AvgIpc) is 2.74. The van der Waals surface area contributed by atoms with Crippen molar-refractivity contribution < 1.29 is 14.6 Å². The molecule has 1 N–H and O–H groups in total. The Kier molecular flexibility index (Phi) is 6.24. The summed E-state index contributed by atoms with van der Waals surface area (Å²) >= 11 is 5.84. The van der Waals surface area contributed by atoms with Gasteiger partial charge in [-0.2, -0.15) is 5.26 Å². The highest BCUT2D eigenvalue weighted by molar-refractivity contribution is 6.30. The molecule has 0 aliphatic rings. The molecule has 0 aliphatic carbocycles. The van der Waals surface area contributed by atoms with Gasteiger partial charge >= 0.3 is 0 Å². The zero-order chi connectivity index (χ0) is 21.8. The van der Waals surface area contributed by atoms with Crippen molar-refractivity contribution >= 4 is 17.4 Å². The molecule has 1 heterocycles. The highest BCUT2D eigenvalue weighted by Crippen LogP contribution is 2.28. The zero-order valence-corrected chi connectivity index (χ0v) is 17.2. The van der Waals surface area contributed by atoms with Crippen LogP contribution in [0.5, 0.6) is 11.6 Å². The molecule has 6 nitrogen and oxygen atoms in total. The molecule has 0 radical (unpaired) electrons. The number of rotatable bonds is 6. The maximum Gasteiger partial charge on any atom is 0.272 e. The molecule has 3 rings (SSSR count). The lowest BCUT2D eigenvalue weighted by Gasteiger charge is -2.21. The SMILES string of the molecule is Cc1c(C(=O)COc2ccc(Cl)cc2)c(O)n(C(C)c2ccccc2)c(=O)c1C#N. The lowest BCUT2D eigenvalue weighted by molar-refractivity contribution is 0.0916. The highest BCUT2D eigenvalue weighted by Gasteiger charge is 2.26. The molecule has 3 aromatic rings. The van der Waals surface area contributed by atoms with E-state index in [4.69, 9.17) is 16.3 Å². The topological polar surface area (TPSA) is 92.3 Å². The Morgan fingerprint density at radius 3 is 2.43 bits per heavy atom. The second-order valence-electron chi connectivity index (χ2n) is 6.74. The maximum absolute atomic E-state index is 12.9. The van der Waals surface area contributed by atoms with Gasteiger partial charge in [-0.05, 0) is 49.2 Å². The van der Waals surface area contributed by atoms with E-state index in [1.165, 1.54) is 6.92 Å². The zero-order valence-electron chi connectivity index (χ0n) is 16.4. The van der Waals surface area contributed by atoms with Crippen molar-refractivity contribution in [2.75, 3.05) is 6.61 Å². The van der Waals surface area contributed by atoms with E-state index in [1.807, 2.05) is 12.1 Å². The van der Waals surface area contributed by atoms with Crippen molar-refractivity contribution in [3.63, 3.8) is 0 Å². The smallest absolute Gasteiger partial charge is 0.272 e. The molecule has 0 aliphatic heterocycles. The number of halogens is 1. The lowest BCUT2D eigenvalue weighted by Crippen LogP contribution is -2.30. The molecule has 0 saturated heterocycles. The molecule has 0 bridgehead atoms. The predicted molar refractivity (Wildman–Crippen MR) is 113 cm³/mol. The summed E-state index contributed by atoms with van der Waals surface area (Å²) in [4.78, 5) is 25.7. The summed E-state index contributed by atoms with van der Waals surface area (Å²) in [7, 11) is 0. The maximum atomic E-state index is 12.9. The van der Waals surface area contributed by atoms with E-state index >= 15 is 0 Å². The number of nitrogens with zero attached hydrogens (tertiary/aromatic N) is 2. The van der Waals surface area contributed by atoms with E-state index < -0.39 is 23.3 Å². The van der Waals surface area contributed by atoms with Crippen molar-refractivity contribution in [3.05, 3.63) is 92.2 Å². The van der Waals surface area contributed by atoms with E-state index in [0.717, 1.165) is 10.1 Å². The number of ether oxygens (including phenoxy) is 1. The Bertz CT molecular complexity index is 1180. The van der Waals surface area contributed by atoms with Gasteiger partial charge in [0, 0.05) is 5.02 Å². The molecule has 152 valence electrons. The van der Waals surface area contributed by atoms with Gasteiger partial charge in [0.15, 0.2) is 6.61 Å². The fraction of sp³-hybridized carbons (Fsp3) is 0.174. The molecule has 0 fully saturated rings. The van der Waals surface area contributed by atoms with Gasteiger partial charge in [0.05, 0.1) is 11.6 Å². The predicted octanol–water partition coefficient (Wildman–Crippen LogP) is 4.26. The molecule has 30 heavy (non-hydrogen) atoms. The third-order valence-corrected chi connectivity index (χ3v) is 5.13. The molecule has 1 aromatic heterocycles. The molecular weight excluding hydrogens is 404 g/mol. The van der Waals surface area contributed by atoms with Crippen LogP contribution in [0.1, 0.15) is 40.0 Å². The van der Waals surface area contributed by atoms with Gasteiger partial charge in [-0.3, -0.25) is 14.2 Å². The standard InChI is InChI=1S/C23H19ClN2O4/c1-14-19(12-25)22(28)26(15(2)16-6-4-3-5-7-16)23(29)21(14)20(27)13-30-18-10-8-17(24)9-11-18/h3-11,15,29H,13H2,1-2H3. The second-order valence-corrected chi connectivity index (χ2v) is 7.17. The van der Waals surface area contributed by atoms with Crippen LogP contribution in [0.3, 0.4) is 0 Å². The van der Waals surface area contributed by atoms with E-state index in [0.29, 0.717) is 10.8 Å². The van der Waals surface area contributed by atoms with Gasteiger partial charge in [-0.15, -0.1) is 0 Å². The Morgan fingerprint density at radius 2 is 1.83 bits per heavy atom. The van der Waals surface area contributed by atoms with Crippen LogP contribution in [0.25, 0.3) is 0 Å². The molecule has 1 atom stereocenters. The largest absolute Gasteiger partial charge is 0.494 e. The molecule has 0 saturated carbocycles. The van der Waals surface area contributed by atoms with Crippen LogP contribution in [0.15, 0.2) is 59.4 Å². The van der Waals surface area contributed by atoms with Crippen LogP contribution in [0.4, 0.5) is 0 Å². The van der Waals surface area contributed by atoms with Crippen LogP contribution in [-0.2, 0) is 0 Å². The molecule has 2 aromatic carbocycles. The van der Waals surface area contributed by atoms with Gasteiger partial charge in [-0.1, -0.05) is 41.9 Å². The highest BCUT2D eigenvalue weighted by atomic mass is 35.5. The van der Waals surface area contributed by atoms with Crippen molar-refractivity contribution in [1.29, 1.82) is 5.26 Å². The fourth-order valence-corrected chi connectivity index (χ4v) is 3.37. The van der Waals surface area contributed by atoms with Gasteiger partial charge in [0.1, 0.15) is 17.4 Å². The number of aromatic nitrogens is 1. The first kappa shape index (κ1) is 21.2. The van der Waals surface area contributed by atoms with E-state index in [9.17, 15) is 20.0 Å². The van der Waals surface area contributed by atoms with Crippen molar-refractivity contribution in [2.45, 2.75) is 19.9 Å². The first-order valence-electron chi connectivity index (χ1n) is 9.19. The van der Waals surface area contributed by atoms with Crippen molar-refractivity contribution in [1.82, 2.24) is 4.57 Å². The molecule has 0 spiro atoms. The number of carbonyl (C=O) groups is 1. The number of hydrogen-bond acceptors (Lipinski definition) is 5. The summed E-state index contributed by atoms with van der Waals surface area (Å²) < 4.78 is 6.55. The quantitative estimate of drug-likeness (QED) is 0.599. The minimum absolute atomic E-state index is 0.108. The average molecular weight is 423 g/mol. The summed E-state index contributed by atoms with van der Waals surface area (Å²) in [5, 5.41) is 20.9. The normalized spacial score (nSPS) is 11.5. The van der Waals surface area contributed by atoms with Crippen LogP contribution in [0, 0.1) is 18.3 Å². The first-order valence-corrected chi connectivity index (χ1v) is 9.57. The molecule has 1 unspecified atom stereocenters. The first-order chi connectivity index (χ1) is 14.3. The molecule has 0 amide bonds. The number of aromatic hydroxyl groups is 1. The molecular formula is C23H19ClN2O4. The Hall–Kier alpha value is -3.56. The van der Waals surface area contributed by atoms with Gasteiger partial charge in [-0.25, -0.2) is 0 Å². The Labute approximate surface area is 178 Å². The summed E-state index contributed by atoms with van der Waals surface area (Å²) in [5.74, 6) is -0.612. The van der Waals surface area contributed by atoms with Crippen molar-refractivity contribution in [2.24, 2.45) is 0 Å². The monoisotopic (exact) mass is 422 g/mol. The minimum atomic E-state index is -0.654. The number of carbonyl (C=O) groups excluding carboxylic acids is 1. The molecule has 7 heteroatoms. The fourth-order valence-electron chi connectivity index (χ4n) is 3.25. The van der Waals surface area contributed by atoms with E-state index in [-0.39, 0.29) is 23.3 Å². The number of nitriles is 1. The summed E-state index contributed by atoms with van der Waals surface area (Å²) in [5.41, 5.74) is -0.0768. The second kappa shape index (κ2) is 8.85. The number of pyridine rings is 1. The number of Topliss-reactive ketones (excluding diaryl/α,β-unsaturated/α-hetero) is 1. The van der Waals surface area contributed by atoms with Gasteiger partial charge < -0.3 is 9.84 Å². The third kappa shape index (κ3) is 4.07. The Balaban J connectivity index is 2.03. The Morgan fingerprint density at radius 1 is 1.20 bits per heavy atom. The summed E-state index contributed by atoms with van der Waals surface area (Å²) in [6.45, 7) is 2.80. The van der Waals surface area contributed by atoms with Crippen LogP contribution < -0.4 is 10.3 Å². The number of ketones is 1. The summed E-state index contributed by atoms with van der Waals surface area (Å²) in [6, 6.07) is 16.8. The van der Waals surface area contributed by atoms with Crippen LogP contribution >= 0.6 is 11.6 Å². The minimum Gasteiger partial charge on any atom is -0.494 e. The van der Waals surface area contributed by atoms with E-state index in [2.05, 4.69) is 0 Å².